The topological polar surface area (TPSA) is 61.4 Å². The lowest BCUT2D eigenvalue weighted by atomic mass is 9.76. The molecule has 2 saturated carbocycles. The molecule has 8 heteroatoms. The maximum Gasteiger partial charge on any atom is 0.257 e. The number of piperidine rings is 1. The molecular formula is C34H36Cl2FN3O2. The molecular weight excluding hydrogens is 572 g/mol. The van der Waals surface area contributed by atoms with Gasteiger partial charge in [0.25, 0.3) is 5.91 Å². The van der Waals surface area contributed by atoms with Crippen LogP contribution in [0.1, 0.15) is 78.9 Å². The van der Waals surface area contributed by atoms with E-state index < -0.39 is 17.8 Å². The predicted molar refractivity (Wildman–Crippen MR) is 167 cm³/mol. The van der Waals surface area contributed by atoms with Crippen LogP contribution in [0.25, 0.3) is 0 Å². The third-order valence-electron chi connectivity index (χ3n) is 9.39. The molecule has 0 radical (unpaired) electrons. The summed E-state index contributed by atoms with van der Waals surface area (Å²) in [4.78, 5) is 30.3. The lowest BCUT2D eigenvalue weighted by molar-refractivity contribution is -0.125. The Labute approximate surface area is 256 Å². The maximum atomic E-state index is 15.2. The Hall–Kier alpha value is -3.09. The Balaban J connectivity index is 1.39. The van der Waals surface area contributed by atoms with Gasteiger partial charge in [-0.25, -0.2) is 4.39 Å². The highest BCUT2D eigenvalue weighted by Crippen LogP contribution is 2.49. The van der Waals surface area contributed by atoms with Crippen LogP contribution in [0, 0.1) is 24.6 Å². The summed E-state index contributed by atoms with van der Waals surface area (Å²) in [6.45, 7) is 1.76. The van der Waals surface area contributed by atoms with Gasteiger partial charge in [0.15, 0.2) is 0 Å². The maximum absolute atomic E-state index is 15.2. The van der Waals surface area contributed by atoms with E-state index >= 15 is 4.39 Å². The lowest BCUT2D eigenvalue weighted by Gasteiger charge is -2.48. The van der Waals surface area contributed by atoms with Crippen LogP contribution >= 0.6 is 23.2 Å². The van der Waals surface area contributed by atoms with Crippen LogP contribution in [0.15, 0.2) is 60.7 Å². The second kappa shape index (κ2) is 12.3. The summed E-state index contributed by atoms with van der Waals surface area (Å²) >= 11 is 12.4. The van der Waals surface area contributed by atoms with Crippen LogP contribution in [0.3, 0.4) is 0 Å². The number of amides is 2. The smallest absolute Gasteiger partial charge is 0.257 e. The molecule has 0 aromatic heterocycles. The number of carbonyl (C=O) groups excluding carboxylic acids is 2. The van der Waals surface area contributed by atoms with Crippen molar-refractivity contribution in [1.29, 1.82) is 0 Å². The first-order valence-electron chi connectivity index (χ1n) is 15.0. The van der Waals surface area contributed by atoms with Crippen LogP contribution in [0.5, 0.6) is 0 Å². The number of aryl methyl sites for hydroxylation is 1. The van der Waals surface area contributed by atoms with Crippen molar-refractivity contribution in [3.8, 4) is 0 Å². The largest absolute Gasteiger partial charge is 0.382 e. The molecule has 1 heterocycles. The highest BCUT2D eigenvalue weighted by molar-refractivity contribution is 6.42. The second-order valence-corrected chi connectivity index (χ2v) is 12.9. The number of halogens is 3. The normalized spacial score (nSPS) is 24.0. The van der Waals surface area contributed by atoms with Crippen molar-refractivity contribution < 1.29 is 14.0 Å². The Morgan fingerprint density at radius 3 is 2.33 bits per heavy atom. The fourth-order valence-electron chi connectivity index (χ4n) is 7.36. The zero-order chi connectivity index (χ0) is 29.4. The van der Waals surface area contributed by atoms with Crippen molar-refractivity contribution in [3.63, 3.8) is 0 Å². The minimum Gasteiger partial charge on any atom is -0.382 e. The lowest BCUT2D eigenvalue weighted by Crippen LogP contribution is -2.54. The van der Waals surface area contributed by atoms with E-state index in [4.69, 9.17) is 23.2 Å². The molecule has 2 aliphatic carbocycles. The quantitative estimate of drug-likeness (QED) is 0.294. The van der Waals surface area contributed by atoms with E-state index in [9.17, 15) is 9.59 Å². The van der Waals surface area contributed by atoms with Gasteiger partial charge >= 0.3 is 0 Å². The first-order chi connectivity index (χ1) is 20.3. The van der Waals surface area contributed by atoms with Crippen molar-refractivity contribution in [2.75, 3.05) is 10.6 Å². The van der Waals surface area contributed by atoms with Crippen molar-refractivity contribution in [2.45, 2.75) is 76.4 Å². The standard InChI is InChI=1S/C34H36Cl2FN3O2/c1-20-6-4-10-29(37)31(20)34(42)40-30-11-5-7-22(30)18-26(33(41)39-25-16-17-27(35)28(36)19-25)32(40)21-12-14-24(15-13-21)38-23-8-2-3-9-23/h4,6,10,12-17,19,22-23,26,30,32,38H,2-3,5,7-9,11,18H2,1H3,(H,39,41)/t22-,26+,30-,32+/m1/s1. The van der Waals surface area contributed by atoms with Gasteiger partial charge in [0, 0.05) is 23.5 Å². The van der Waals surface area contributed by atoms with Gasteiger partial charge in [-0.05, 0) is 92.5 Å². The number of anilines is 2. The van der Waals surface area contributed by atoms with Crippen molar-refractivity contribution >= 4 is 46.4 Å². The monoisotopic (exact) mass is 607 g/mol. The molecule has 1 aliphatic heterocycles. The fourth-order valence-corrected chi connectivity index (χ4v) is 7.66. The van der Waals surface area contributed by atoms with Crippen molar-refractivity contribution in [3.05, 3.63) is 93.2 Å². The van der Waals surface area contributed by atoms with Gasteiger partial charge in [-0.15, -0.1) is 0 Å². The van der Waals surface area contributed by atoms with E-state index in [0.717, 1.165) is 43.4 Å². The molecule has 0 bridgehead atoms. The van der Waals surface area contributed by atoms with E-state index in [1.807, 2.05) is 29.2 Å². The number of fused-ring (bicyclic) bond motifs is 1. The molecule has 5 nitrogen and oxygen atoms in total. The van der Waals surface area contributed by atoms with E-state index in [-0.39, 0.29) is 29.3 Å². The number of nitrogens with zero attached hydrogens (tertiary/aromatic N) is 1. The number of hydrogen-bond acceptors (Lipinski definition) is 3. The summed E-state index contributed by atoms with van der Waals surface area (Å²) in [5.41, 5.74) is 3.11. The molecule has 3 aromatic rings. The first kappa shape index (κ1) is 29.0. The van der Waals surface area contributed by atoms with Crippen LogP contribution in [0.2, 0.25) is 10.0 Å². The average molecular weight is 609 g/mol. The van der Waals surface area contributed by atoms with Gasteiger partial charge < -0.3 is 15.5 Å². The van der Waals surface area contributed by atoms with Crippen molar-refractivity contribution in [2.24, 2.45) is 11.8 Å². The van der Waals surface area contributed by atoms with Gasteiger partial charge in [0.1, 0.15) is 5.82 Å². The summed E-state index contributed by atoms with van der Waals surface area (Å²) < 4.78 is 15.2. The first-order valence-corrected chi connectivity index (χ1v) is 15.8. The van der Waals surface area contributed by atoms with E-state index in [1.165, 1.54) is 18.9 Å². The minimum atomic E-state index is -0.556. The minimum absolute atomic E-state index is 0.0631. The molecule has 0 spiro atoms. The number of nitrogens with one attached hydrogen (secondary N) is 2. The molecule has 3 fully saturated rings. The zero-order valence-electron chi connectivity index (χ0n) is 23.7. The molecule has 3 aliphatic rings. The molecule has 6 rings (SSSR count). The van der Waals surface area contributed by atoms with E-state index in [0.29, 0.717) is 33.8 Å². The summed E-state index contributed by atoms with van der Waals surface area (Å²) in [6.07, 6.45) is 8.17. The van der Waals surface area contributed by atoms with Gasteiger partial charge in [-0.1, -0.05) is 66.7 Å². The Morgan fingerprint density at radius 1 is 0.881 bits per heavy atom. The molecule has 42 heavy (non-hydrogen) atoms. The Kier molecular flexibility index (Phi) is 8.46. The van der Waals surface area contributed by atoms with Crippen LogP contribution in [-0.4, -0.2) is 28.8 Å². The summed E-state index contributed by atoms with van der Waals surface area (Å²) in [7, 11) is 0. The molecule has 1 saturated heterocycles. The predicted octanol–water partition coefficient (Wildman–Crippen LogP) is 8.81. The third-order valence-corrected chi connectivity index (χ3v) is 10.1. The highest BCUT2D eigenvalue weighted by Gasteiger charge is 2.50. The van der Waals surface area contributed by atoms with Crippen molar-refractivity contribution in [1.82, 2.24) is 4.90 Å². The zero-order valence-corrected chi connectivity index (χ0v) is 25.2. The highest BCUT2D eigenvalue weighted by atomic mass is 35.5. The molecule has 220 valence electrons. The Morgan fingerprint density at radius 2 is 1.62 bits per heavy atom. The van der Waals surface area contributed by atoms with Crippen LogP contribution in [-0.2, 0) is 4.79 Å². The fraction of sp³-hybridized carbons (Fsp3) is 0.412. The number of likely N-dealkylation sites (tertiary alicyclic amines) is 1. The van der Waals surface area contributed by atoms with Gasteiger partial charge in [0.05, 0.1) is 27.6 Å². The van der Waals surface area contributed by atoms with E-state index in [1.54, 1.807) is 37.3 Å². The molecule has 4 atom stereocenters. The number of benzene rings is 3. The number of rotatable bonds is 6. The molecule has 2 amide bonds. The van der Waals surface area contributed by atoms with Gasteiger partial charge in [0.2, 0.25) is 5.91 Å². The third kappa shape index (κ3) is 5.76. The SMILES string of the molecule is Cc1cccc(F)c1C(=O)N1[C@@H]2CCC[C@@H]2C[C@H](C(=O)Nc2ccc(Cl)c(Cl)c2)[C@@H]1c1ccc(NC2CCCC2)cc1. The molecule has 3 aromatic carbocycles. The average Bonchev–Trinajstić information content (AvgIpc) is 3.66. The Bertz CT molecular complexity index is 1450. The number of hydrogen-bond donors (Lipinski definition) is 2. The summed E-state index contributed by atoms with van der Waals surface area (Å²) in [5, 5.41) is 7.42. The van der Waals surface area contributed by atoms with E-state index in [2.05, 4.69) is 10.6 Å². The summed E-state index contributed by atoms with van der Waals surface area (Å²) in [5.74, 6) is -1.46. The summed E-state index contributed by atoms with van der Waals surface area (Å²) in [6, 6.07) is 17.7. The van der Waals surface area contributed by atoms with Crippen LogP contribution in [0.4, 0.5) is 15.8 Å². The van der Waals surface area contributed by atoms with Gasteiger partial charge in [-0.2, -0.15) is 0 Å². The second-order valence-electron chi connectivity index (χ2n) is 12.1. The van der Waals surface area contributed by atoms with Crippen LogP contribution < -0.4 is 10.6 Å². The molecule has 2 N–H and O–H groups in total. The number of carbonyl (C=O) groups is 2. The van der Waals surface area contributed by atoms with Gasteiger partial charge in [-0.3, -0.25) is 9.59 Å². The molecule has 0 unspecified atom stereocenters.